The van der Waals surface area contributed by atoms with E-state index in [9.17, 15) is 0 Å². The highest BCUT2D eigenvalue weighted by Gasteiger charge is 2.15. The predicted octanol–water partition coefficient (Wildman–Crippen LogP) is 4.64. The van der Waals surface area contributed by atoms with E-state index in [0.29, 0.717) is 5.15 Å². The van der Waals surface area contributed by atoms with Gasteiger partial charge in [-0.25, -0.2) is 9.97 Å². The molecule has 0 saturated heterocycles. The Kier molecular flexibility index (Phi) is 4.33. The van der Waals surface area contributed by atoms with E-state index in [-0.39, 0.29) is 12.0 Å². The molecule has 0 aliphatic carbocycles. The summed E-state index contributed by atoms with van der Waals surface area (Å²) in [7, 11) is 0. The van der Waals surface area contributed by atoms with Crippen LogP contribution in [0.5, 0.6) is 0 Å². The van der Waals surface area contributed by atoms with Gasteiger partial charge in [0.2, 0.25) is 0 Å². The third kappa shape index (κ3) is 3.12. The third-order valence-corrected chi connectivity index (χ3v) is 3.53. The number of rotatable bonds is 4. The van der Waals surface area contributed by atoms with Crippen molar-refractivity contribution >= 4 is 17.4 Å². The molecule has 2 rings (SSSR count). The SMILES string of the molecule is Cc1ccc(C(C)Nc2nc(C(C)C)nc(Cl)c2C)o1. The Bertz CT molecular complexity index is 607. The first-order valence-corrected chi connectivity index (χ1v) is 7.13. The van der Waals surface area contributed by atoms with Gasteiger partial charge in [0.1, 0.15) is 28.3 Å². The molecule has 1 N–H and O–H groups in total. The Balaban J connectivity index is 2.28. The van der Waals surface area contributed by atoms with E-state index in [1.807, 2.05) is 46.8 Å². The number of anilines is 1. The zero-order chi connectivity index (χ0) is 14.9. The molecule has 5 heteroatoms. The summed E-state index contributed by atoms with van der Waals surface area (Å²) in [5.41, 5.74) is 0.853. The lowest BCUT2D eigenvalue weighted by atomic mass is 10.2. The molecule has 1 atom stereocenters. The zero-order valence-corrected chi connectivity index (χ0v) is 13.2. The van der Waals surface area contributed by atoms with Crippen molar-refractivity contribution in [1.82, 2.24) is 9.97 Å². The quantitative estimate of drug-likeness (QED) is 0.835. The number of nitrogens with one attached hydrogen (secondary N) is 1. The molecule has 0 fully saturated rings. The maximum absolute atomic E-state index is 6.18. The minimum Gasteiger partial charge on any atom is -0.464 e. The Morgan fingerprint density at radius 2 is 1.85 bits per heavy atom. The van der Waals surface area contributed by atoms with Crippen molar-refractivity contribution in [2.75, 3.05) is 5.32 Å². The normalized spacial score (nSPS) is 12.8. The molecule has 0 spiro atoms. The molecule has 0 amide bonds. The number of hydrogen-bond acceptors (Lipinski definition) is 4. The van der Waals surface area contributed by atoms with Crippen LogP contribution in [0.2, 0.25) is 5.15 Å². The van der Waals surface area contributed by atoms with E-state index in [0.717, 1.165) is 28.7 Å². The first-order chi connectivity index (χ1) is 9.38. The van der Waals surface area contributed by atoms with Crippen molar-refractivity contribution in [3.8, 4) is 0 Å². The second-order valence-corrected chi connectivity index (χ2v) is 5.67. The van der Waals surface area contributed by atoms with Crippen LogP contribution in [0, 0.1) is 13.8 Å². The second kappa shape index (κ2) is 5.83. The molecule has 0 aromatic carbocycles. The summed E-state index contributed by atoms with van der Waals surface area (Å²) in [5, 5.41) is 3.84. The number of aromatic nitrogens is 2. The number of nitrogens with zero attached hydrogens (tertiary/aromatic N) is 2. The van der Waals surface area contributed by atoms with Gasteiger partial charge in [0.15, 0.2) is 0 Å². The summed E-state index contributed by atoms with van der Waals surface area (Å²) in [4.78, 5) is 8.86. The van der Waals surface area contributed by atoms with Crippen LogP contribution in [0.3, 0.4) is 0 Å². The molecule has 2 heterocycles. The van der Waals surface area contributed by atoms with E-state index in [2.05, 4.69) is 15.3 Å². The monoisotopic (exact) mass is 293 g/mol. The van der Waals surface area contributed by atoms with Crippen LogP contribution >= 0.6 is 11.6 Å². The average Bonchev–Trinajstić information content (AvgIpc) is 2.81. The predicted molar refractivity (Wildman–Crippen MR) is 81.4 cm³/mol. The second-order valence-electron chi connectivity index (χ2n) is 5.32. The average molecular weight is 294 g/mol. The summed E-state index contributed by atoms with van der Waals surface area (Å²) < 4.78 is 5.63. The first kappa shape index (κ1) is 14.9. The van der Waals surface area contributed by atoms with Crippen molar-refractivity contribution in [2.45, 2.75) is 46.6 Å². The fourth-order valence-electron chi connectivity index (χ4n) is 1.87. The summed E-state index contributed by atoms with van der Waals surface area (Å²) in [6.07, 6.45) is 0. The van der Waals surface area contributed by atoms with E-state index in [1.165, 1.54) is 0 Å². The van der Waals surface area contributed by atoms with Crippen LogP contribution in [-0.4, -0.2) is 9.97 Å². The van der Waals surface area contributed by atoms with Gasteiger partial charge in [-0.2, -0.15) is 0 Å². The van der Waals surface area contributed by atoms with Crippen molar-refractivity contribution in [2.24, 2.45) is 0 Å². The molecule has 0 saturated carbocycles. The van der Waals surface area contributed by atoms with E-state index in [1.54, 1.807) is 0 Å². The van der Waals surface area contributed by atoms with Gasteiger partial charge in [0.05, 0.1) is 6.04 Å². The molecule has 4 nitrogen and oxygen atoms in total. The van der Waals surface area contributed by atoms with Crippen LogP contribution in [0.15, 0.2) is 16.5 Å². The van der Waals surface area contributed by atoms with E-state index >= 15 is 0 Å². The lowest BCUT2D eigenvalue weighted by molar-refractivity contribution is 0.466. The van der Waals surface area contributed by atoms with Crippen molar-refractivity contribution in [3.05, 3.63) is 40.2 Å². The summed E-state index contributed by atoms with van der Waals surface area (Å²) in [6, 6.07) is 3.94. The van der Waals surface area contributed by atoms with Crippen molar-refractivity contribution in [3.63, 3.8) is 0 Å². The molecular weight excluding hydrogens is 274 g/mol. The fraction of sp³-hybridized carbons (Fsp3) is 0.467. The number of furan rings is 1. The van der Waals surface area contributed by atoms with Gasteiger partial charge in [-0.05, 0) is 32.9 Å². The molecule has 108 valence electrons. The summed E-state index contributed by atoms with van der Waals surface area (Å²) in [5.74, 6) is 3.51. The third-order valence-electron chi connectivity index (χ3n) is 3.16. The molecule has 0 bridgehead atoms. The Morgan fingerprint density at radius 3 is 2.40 bits per heavy atom. The molecule has 0 radical (unpaired) electrons. The Labute approximate surface area is 124 Å². The van der Waals surface area contributed by atoms with Crippen LogP contribution in [-0.2, 0) is 0 Å². The van der Waals surface area contributed by atoms with Gasteiger partial charge in [-0.3, -0.25) is 0 Å². The van der Waals surface area contributed by atoms with Gasteiger partial charge in [0, 0.05) is 11.5 Å². The standard InChI is InChI=1S/C15H20ClN3O/c1-8(2)14-18-13(16)10(4)15(19-14)17-11(5)12-7-6-9(3)20-12/h6-8,11H,1-5H3,(H,17,18,19). The highest BCUT2D eigenvalue weighted by atomic mass is 35.5. The van der Waals surface area contributed by atoms with Crippen LogP contribution in [0.4, 0.5) is 5.82 Å². The van der Waals surface area contributed by atoms with E-state index < -0.39 is 0 Å². The highest BCUT2D eigenvalue weighted by molar-refractivity contribution is 6.30. The van der Waals surface area contributed by atoms with Gasteiger partial charge < -0.3 is 9.73 Å². The molecular formula is C15H20ClN3O. The number of aryl methyl sites for hydroxylation is 1. The maximum atomic E-state index is 6.18. The van der Waals surface area contributed by atoms with Gasteiger partial charge in [-0.1, -0.05) is 25.4 Å². The van der Waals surface area contributed by atoms with Crippen molar-refractivity contribution < 1.29 is 4.42 Å². The molecule has 2 aromatic rings. The summed E-state index contributed by atoms with van der Waals surface area (Å²) >= 11 is 6.18. The smallest absolute Gasteiger partial charge is 0.137 e. The minimum atomic E-state index is 0.0216. The first-order valence-electron chi connectivity index (χ1n) is 6.75. The molecule has 0 aliphatic rings. The lowest BCUT2D eigenvalue weighted by Crippen LogP contribution is -2.11. The summed E-state index contributed by atoms with van der Waals surface area (Å²) in [6.45, 7) is 9.96. The molecule has 0 aliphatic heterocycles. The zero-order valence-electron chi connectivity index (χ0n) is 12.5. The molecule has 20 heavy (non-hydrogen) atoms. The molecule has 1 unspecified atom stereocenters. The van der Waals surface area contributed by atoms with Crippen LogP contribution in [0.25, 0.3) is 0 Å². The van der Waals surface area contributed by atoms with Gasteiger partial charge in [0.25, 0.3) is 0 Å². The van der Waals surface area contributed by atoms with Crippen molar-refractivity contribution in [1.29, 1.82) is 0 Å². The Morgan fingerprint density at radius 1 is 1.15 bits per heavy atom. The van der Waals surface area contributed by atoms with Gasteiger partial charge >= 0.3 is 0 Å². The number of hydrogen-bond donors (Lipinski definition) is 1. The minimum absolute atomic E-state index is 0.0216. The van der Waals surface area contributed by atoms with E-state index in [4.69, 9.17) is 16.0 Å². The van der Waals surface area contributed by atoms with Crippen LogP contribution in [0.1, 0.15) is 55.6 Å². The topological polar surface area (TPSA) is 51.0 Å². The fourth-order valence-corrected chi connectivity index (χ4v) is 2.04. The number of halogens is 1. The maximum Gasteiger partial charge on any atom is 0.137 e. The highest BCUT2D eigenvalue weighted by Crippen LogP contribution is 2.26. The Hall–Kier alpha value is -1.55. The largest absolute Gasteiger partial charge is 0.464 e. The van der Waals surface area contributed by atoms with Gasteiger partial charge in [-0.15, -0.1) is 0 Å². The van der Waals surface area contributed by atoms with Crippen LogP contribution < -0.4 is 5.32 Å². The lowest BCUT2D eigenvalue weighted by Gasteiger charge is -2.16. The molecule has 2 aromatic heterocycles.